The molecule has 0 saturated carbocycles. The minimum Gasteiger partial charge on any atom is -0.497 e. The van der Waals surface area contributed by atoms with E-state index in [-0.39, 0.29) is 5.41 Å². The van der Waals surface area contributed by atoms with E-state index in [2.05, 4.69) is 87.5 Å². The number of benzene rings is 11. The fourth-order valence-electron chi connectivity index (χ4n) is 16.4. The molecule has 2 unspecified atom stereocenters. The van der Waals surface area contributed by atoms with Crippen molar-refractivity contribution < 1.29 is 4.74 Å². The van der Waals surface area contributed by atoms with Gasteiger partial charge in [-0.2, -0.15) is 0 Å². The van der Waals surface area contributed by atoms with Crippen LogP contribution in [0.3, 0.4) is 0 Å². The smallest absolute Gasteiger partial charge is 0.119 e. The van der Waals surface area contributed by atoms with E-state index in [4.69, 9.17) is 4.74 Å². The Hall–Kier alpha value is -6.18. The zero-order valence-electron chi connectivity index (χ0n) is 34.3. The Balaban J connectivity index is 0.000000252. The van der Waals surface area contributed by atoms with Crippen molar-refractivity contribution in [3.05, 3.63) is 133 Å². The molecular formula is C59H38O. The predicted molar refractivity (Wildman–Crippen MR) is 253 cm³/mol. The van der Waals surface area contributed by atoms with Crippen LogP contribution in [-0.4, -0.2) is 7.11 Å². The standard InChI is InChI=1S/C48H22O.C11H16/c1-49-24-3-2-15-13-48-14-23-9-21-7-18-4-17-5-20-6-19-8-22-11-25(26(48)12-16(15)10-24)34-39-30(22)29(19)36-31(20)35-27(17)28(18)37-32(21)38-33(23)47(48)46(34)45-43(38)41(37)40(35)42(36)44(39)45;1-4-10-7-6-9(3)8-11(10)5-2/h2-3,5-7,9-11,26H,4,8,12-14H2,1H3;6-8H,4-5H2,1-3H3. The van der Waals surface area contributed by atoms with E-state index in [1.54, 1.807) is 147 Å². The van der Waals surface area contributed by atoms with E-state index in [1.165, 1.54) is 38.6 Å². The lowest BCUT2D eigenvalue weighted by Gasteiger charge is -2.47. The fourth-order valence-corrected chi connectivity index (χ4v) is 16.4. The van der Waals surface area contributed by atoms with Gasteiger partial charge in [-0.3, -0.25) is 0 Å². The Labute approximate surface area is 345 Å². The third-order valence-corrected chi connectivity index (χ3v) is 18.1. The maximum absolute atomic E-state index is 5.81. The van der Waals surface area contributed by atoms with Gasteiger partial charge in [0.15, 0.2) is 0 Å². The first-order chi connectivity index (χ1) is 29.5. The van der Waals surface area contributed by atoms with Crippen LogP contribution < -0.4 is 4.74 Å². The average molecular weight is 763 g/mol. The van der Waals surface area contributed by atoms with Crippen LogP contribution in [0.5, 0.6) is 5.75 Å². The molecule has 0 aliphatic heterocycles. The number of methoxy groups -OCH3 is 1. The highest BCUT2D eigenvalue weighted by Crippen LogP contribution is 2.71. The maximum Gasteiger partial charge on any atom is 0.119 e. The second kappa shape index (κ2) is 8.82. The molecule has 0 N–H and O–H groups in total. The van der Waals surface area contributed by atoms with E-state index in [0.29, 0.717) is 5.92 Å². The SMILES string of the molecule is CCc1ccc(C)cc1CC.COc1ccc2c(c1)CC1c3cc4c5c6c(cc7cc8c9c%10c(cc%11cc%12c%13c(c%14c3c5c3c%14c5c%13c%11c%10c5c5c9c7c6c35)C1(C2)C%12)C8)C4. The predicted octanol–water partition coefficient (Wildman–Crippen LogP) is 14.5. The molecule has 0 saturated heterocycles. The summed E-state index contributed by atoms with van der Waals surface area (Å²) in [7, 11) is 1.82. The highest BCUT2D eigenvalue weighted by atomic mass is 16.5. The third kappa shape index (κ3) is 2.67. The van der Waals surface area contributed by atoms with Gasteiger partial charge in [0.2, 0.25) is 0 Å². The van der Waals surface area contributed by atoms with Gasteiger partial charge in [-0.05, 0) is 250 Å². The van der Waals surface area contributed by atoms with Crippen LogP contribution in [0.4, 0.5) is 0 Å². The number of ether oxygens (including phenoxy) is 1. The molecule has 60 heavy (non-hydrogen) atoms. The lowest BCUT2D eigenvalue weighted by Crippen LogP contribution is -2.42. The van der Waals surface area contributed by atoms with Gasteiger partial charge in [0.25, 0.3) is 0 Å². The Kier molecular flexibility index (Phi) is 4.40. The van der Waals surface area contributed by atoms with Gasteiger partial charge in [-0.25, -0.2) is 0 Å². The van der Waals surface area contributed by atoms with Crippen LogP contribution in [0.15, 0.2) is 66.7 Å². The zero-order chi connectivity index (χ0) is 38.7. The lowest BCUT2D eigenvalue weighted by atomic mass is 9.56. The van der Waals surface area contributed by atoms with Crippen LogP contribution in [-0.2, 0) is 50.4 Å². The quantitative estimate of drug-likeness (QED) is 0.163. The van der Waals surface area contributed by atoms with Gasteiger partial charge >= 0.3 is 0 Å². The number of aryl methyl sites for hydroxylation is 3. The van der Waals surface area contributed by atoms with Crippen molar-refractivity contribution >= 4 is 118 Å². The summed E-state index contributed by atoms with van der Waals surface area (Å²) in [6.45, 7) is 6.58. The number of hydrogen-bond acceptors (Lipinski definition) is 1. The summed E-state index contributed by atoms with van der Waals surface area (Å²) in [6, 6.07) is 27.0. The summed E-state index contributed by atoms with van der Waals surface area (Å²) in [5, 5.41) is 35.5. The molecule has 2 atom stereocenters. The van der Waals surface area contributed by atoms with Crippen LogP contribution in [0, 0.1) is 6.92 Å². The normalized spacial score (nSPS) is 19.7. The summed E-state index contributed by atoms with van der Waals surface area (Å²) in [4.78, 5) is 0. The highest BCUT2D eigenvalue weighted by Gasteiger charge is 2.55. The zero-order valence-corrected chi connectivity index (χ0v) is 34.3. The molecule has 280 valence electrons. The summed E-state index contributed by atoms with van der Waals surface area (Å²) in [5.74, 6) is 1.47. The molecule has 0 aromatic heterocycles. The minimum atomic E-state index is 0.0887. The van der Waals surface area contributed by atoms with Crippen molar-refractivity contribution in [3.8, 4) is 5.75 Å². The number of fused-ring (bicyclic) bond motifs is 2. The Morgan fingerprint density at radius 3 is 1.62 bits per heavy atom. The van der Waals surface area contributed by atoms with Gasteiger partial charge in [0.1, 0.15) is 5.75 Å². The van der Waals surface area contributed by atoms with E-state index in [0.717, 1.165) is 50.7 Å². The molecule has 14 aromatic carbocycles. The van der Waals surface area contributed by atoms with Crippen molar-refractivity contribution in [1.82, 2.24) is 0 Å². The van der Waals surface area contributed by atoms with Gasteiger partial charge in [-0.1, -0.05) is 74.0 Å². The highest BCUT2D eigenvalue weighted by molar-refractivity contribution is 6.65. The van der Waals surface area contributed by atoms with Crippen LogP contribution in [0.2, 0.25) is 0 Å². The molecule has 19 rings (SSSR count). The molecular weight excluding hydrogens is 725 g/mol. The molecule has 1 nitrogen and oxygen atoms in total. The Morgan fingerprint density at radius 2 is 1.00 bits per heavy atom. The largest absolute Gasteiger partial charge is 0.497 e. The monoisotopic (exact) mass is 762 g/mol. The number of hydrogen-bond donors (Lipinski definition) is 0. The van der Waals surface area contributed by atoms with Crippen molar-refractivity contribution in [2.75, 3.05) is 7.11 Å². The van der Waals surface area contributed by atoms with E-state index in [1.807, 2.05) is 7.11 Å². The maximum atomic E-state index is 5.81. The molecule has 0 bridgehead atoms. The first kappa shape index (κ1) is 29.9. The topological polar surface area (TPSA) is 9.23 Å². The Morgan fingerprint density at radius 1 is 0.467 bits per heavy atom. The van der Waals surface area contributed by atoms with Crippen molar-refractivity contribution in [1.29, 1.82) is 0 Å². The molecule has 5 aliphatic carbocycles. The summed E-state index contributed by atoms with van der Waals surface area (Å²) in [6.07, 6.45) is 7.84. The Bertz CT molecular complexity index is 4330. The van der Waals surface area contributed by atoms with Crippen molar-refractivity contribution in [3.63, 3.8) is 0 Å². The summed E-state index contributed by atoms with van der Waals surface area (Å²) < 4.78 is 5.81. The molecule has 0 fully saturated rings. The third-order valence-electron chi connectivity index (χ3n) is 18.1. The molecule has 14 aromatic rings. The van der Waals surface area contributed by atoms with E-state index >= 15 is 0 Å². The molecule has 1 spiro atoms. The van der Waals surface area contributed by atoms with Crippen molar-refractivity contribution in [2.24, 2.45) is 0 Å². The van der Waals surface area contributed by atoms with Gasteiger partial charge in [0.05, 0.1) is 7.11 Å². The first-order valence-corrected chi connectivity index (χ1v) is 22.8. The number of rotatable bonds is 3. The van der Waals surface area contributed by atoms with E-state index in [9.17, 15) is 0 Å². The molecule has 0 heterocycles. The van der Waals surface area contributed by atoms with Gasteiger partial charge < -0.3 is 4.74 Å². The van der Waals surface area contributed by atoms with Crippen molar-refractivity contribution in [2.45, 2.75) is 77.0 Å². The molecule has 5 aliphatic rings. The second-order valence-corrected chi connectivity index (χ2v) is 20.3. The van der Waals surface area contributed by atoms with Crippen LogP contribution in [0.25, 0.3) is 118 Å². The van der Waals surface area contributed by atoms with Gasteiger partial charge in [0, 0.05) is 5.41 Å². The molecule has 0 amide bonds. The lowest BCUT2D eigenvalue weighted by molar-refractivity contribution is 0.326. The van der Waals surface area contributed by atoms with Crippen LogP contribution in [0.1, 0.15) is 86.5 Å². The fraction of sp³-hybridized carbons (Fsp3) is 0.220. The minimum absolute atomic E-state index is 0.0887. The molecule has 0 radical (unpaired) electrons. The average Bonchev–Trinajstić information content (AvgIpc) is 4.10. The van der Waals surface area contributed by atoms with E-state index < -0.39 is 0 Å². The summed E-state index contributed by atoms with van der Waals surface area (Å²) >= 11 is 0. The summed E-state index contributed by atoms with van der Waals surface area (Å²) in [5.41, 5.74) is 18.9. The first-order valence-electron chi connectivity index (χ1n) is 22.8. The second-order valence-electron chi connectivity index (χ2n) is 20.3. The van der Waals surface area contributed by atoms with Gasteiger partial charge in [-0.15, -0.1) is 0 Å². The van der Waals surface area contributed by atoms with Crippen LogP contribution >= 0.6 is 0 Å². The molecule has 1 heteroatoms.